The van der Waals surface area contributed by atoms with E-state index in [-0.39, 0.29) is 23.1 Å². The fourth-order valence-corrected chi connectivity index (χ4v) is 2.88. The molecular weight excluding hydrogens is 244 g/mol. The lowest BCUT2D eigenvalue weighted by Gasteiger charge is -2.46. The van der Waals surface area contributed by atoms with E-state index in [0.717, 1.165) is 12.8 Å². The van der Waals surface area contributed by atoms with Gasteiger partial charge in [0.1, 0.15) is 11.1 Å². The second-order valence-corrected chi connectivity index (χ2v) is 4.94. The van der Waals surface area contributed by atoms with Gasteiger partial charge >= 0.3 is 0 Å². The van der Waals surface area contributed by atoms with Gasteiger partial charge in [-0.15, -0.1) is 0 Å². The number of hydrogen-bond donors (Lipinski definition) is 4. The average Bonchev–Trinajstić information content (AvgIpc) is 2.30. The van der Waals surface area contributed by atoms with E-state index in [4.69, 9.17) is 11.5 Å². The fourth-order valence-electron chi connectivity index (χ4n) is 2.31. The quantitative estimate of drug-likeness (QED) is 0.535. The summed E-state index contributed by atoms with van der Waals surface area (Å²) in [6, 6.07) is 0. The van der Waals surface area contributed by atoms with Crippen molar-refractivity contribution in [3.8, 4) is 0 Å². The maximum absolute atomic E-state index is 11.9. The first-order valence-corrected chi connectivity index (χ1v) is 6.55. The van der Waals surface area contributed by atoms with Crippen LogP contribution in [0, 0.1) is 0 Å². The molecule has 16 heavy (non-hydrogen) atoms. The van der Waals surface area contributed by atoms with Gasteiger partial charge in [-0.05, 0) is 12.8 Å². The van der Waals surface area contributed by atoms with Crippen LogP contribution in [0.15, 0.2) is 0 Å². The van der Waals surface area contributed by atoms with E-state index in [0.29, 0.717) is 12.8 Å². The molecule has 0 amide bonds. The van der Waals surface area contributed by atoms with Crippen LogP contribution in [0.25, 0.3) is 0 Å². The Morgan fingerprint density at radius 3 is 1.50 bits per heavy atom. The number of hydrogen-bond acceptors (Lipinski definition) is 6. The van der Waals surface area contributed by atoms with Crippen LogP contribution in [0.4, 0.5) is 0 Å². The van der Waals surface area contributed by atoms with Gasteiger partial charge in [0.25, 0.3) is 0 Å². The number of nitrogens with two attached hydrogens (primary N) is 2. The van der Waals surface area contributed by atoms with Gasteiger partial charge in [-0.1, -0.05) is 12.8 Å². The van der Waals surface area contributed by atoms with Crippen molar-refractivity contribution in [2.75, 3.05) is 11.5 Å². The Morgan fingerprint density at radius 2 is 1.25 bits per heavy atom. The normalized spacial score (nSPS) is 34.8. The largest absolute Gasteiger partial charge is 0.317 e. The van der Waals surface area contributed by atoms with E-state index < -0.39 is 11.1 Å². The molecule has 0 spiro atoms. The number of Topliss-reactive ketones (excluding diaryl/α,β-unsaturated/α-hetero) is 2. The molecule has 1 fully saturated rings. The van der Waals surface area contributed by atoms with E-state index in [1.54, 1.807) is 0 Å². The van der Waals surface area contributed by atoms with Crippen molar-refractivity contribution in [3.63, 3.8) is 0 Å². The van der Waals surface area contributed by atoms with Crippen molar-refractivity contribution in [1.29, 1.82) is 0 Å². The first-order chi connectivity index (χ1) is 7.42. The van der Waals surface area contributed by atoms with Crippen LogP contribution in [0.5, 0.6) is 0 Å². The van der Waals surface area contributed by atoms with Gasteiger partial charge in [0, 0.05) is 0 Å². The number of carbonyl (C=O) groups is 2. The van der Waals surface area contributed by atoms with Crippen molar-refractivity contribution in [2.24, 2.45) is 11.5 Å². The molecule has 0 aromatic rings. The Morgan fingerprint density at radius 1 is 0.938 bits per heavy atom. The maximum atomic E-state index is 11.9. The maximum Gasteiger partial charge on any atom is 0.164 e. The Labute approximate surface area is 106 Å². The molecule has 1 aliphatic rings. The highest BCUT2D eigenvalue weighted by molar-refractivity contribution is 7.81. The second-order valence-electron chi connectivity index (χ2n) is 4.31. The molecule has 4 nitrogen and oxygen atoms in total. The predicted octanol–water partition coefficient (Wildman–Crippen LogP) is -0.0468. The lowest BCUT2D eigenvalue weighted by Crippen LogP contribution is -2.75. The van der Waals surface area contributed by atoms with Crippen molar-refractivity contribution < 1.29 is 9.59 Å². The van der Waals surface area contributed by atoms with Gasteiger partial charge in [0.15, 0.2) is 11.6 Å². The van der Waals surface area contributed by atoms with Crippen molar-refractivity contribution in [2.45, 2.75) is 36.8 Å². The Kier molecular flexibility index (Phi) is 4.45. The third kappa shape index (κ3) is 2.03. The molecule has 6 heteroatoms. The predicted molar refractivity (Wildman–Crippen MR) is 70.0 cm³/mol. The molecule has 92 valence electrons. The molecule has 0 aromatic carbocycles. The van der Waals surface area contributed by atoms with Crippen LogP contribution < -0.4 is 11.5 Å². The summed E-state index contributed by atoms with van der Waals surface area (Å²) in [4.78, 5) is 23.7. The first kappa shape index (κ1) is 14.0. The zero-order chi connectivity index (χ0) is 12.4. The summed E-state index contributed by atoms with van der Waals surface area (Å²) in [5.41, 5.74) is 9.64. The van der Waals surface area contributed by atoms with Crippen molar-refractivity contribution in [1.82, 2.24) is 0 Å². The van der Waals surface area contributed by atoms with Crippen LogP contribution in [-0.4, -0.2) is 34.2 Å². The number of rotatable bonds is 4. The molecule has 0 saturated heterocycles. The molecule has 1 aliphatic carbocycles. The Bertz CT molecular complexity index is 281. The Balaban J connectivity index is 3.12. The summed E-state index contributed by atoms with van der Waals surface area (Å²) >= 11 is 7.88. The molecule has 0 aromatic heterocycles. The van der Waals surface area contributed by atoms with Crippen molar-refractivity contribution >= 4 is 36.8 Å². The van der Waals surface area contributed by atoms with Crippen molar-refractivity contribution in [3.05, 3.63) is 0 Å². The smallest absolute Gasteiger partial charge is 0.164 e. The number of carbonyl (C=O) groups excluding carboxylic acids is 2. The topological polar surface area (TPSA) is 86.2 Å². The standard InChI is InChI=1S/C10H18N2O2S2/c11-9(7(13)5-15)3-1-2-4-10(9,12)8(14)6-16/h15-16H,1-6,11-12H2. The molecule has 4 N–H and O–H groups in total. The molecule has 0 radical (unpaired) electrons. The van der Waals surface area contributed by atoms with Gasteiger partial charge in [-0.3, -0.25) is 9.59 Å². The molecule has 2 unspecified atom stereocenters. The minimum atomic E-state index is -1.27. The molecule has 0 bridgehead atoms. The van der Waals surface area contributed by atoms with Gasteiger partial charge in [-0.2, -0.15) is 25.3 Å². The second kappa shape index (κ2) is 5.08. The van der Waals surface area contributed by atoms with E-state index in [1.165, 1.54) is 0 Å². The van der Waals surface area contributed by atoms with Crippen LogP contribution in [0.3, 0.4) is 0 Å². The van der Waals surface area contributed by atoms with E-state index >= 15 is 0 Å². The molecule has 1 rings (SSSR count). The van der Waals surface area contributed by atoms with E-state index in [2.05, 4.69) is 25.3 Å². The number of thiol groups is 2. The zero-order valence-electron chi connectivity index (χ0n) is 9.11. The lowest BCUT2D eigenvalue weighted by molar-refractivity contribution is -0.134. The zero-order valence-corrected chi connectivity index (χ0v) is 10.9. The van der Waals surface area contributed by atoms with Crippen LogP contribution in [0.2, 0.25) is 0 Å². The highest BCUT2D eigenvalue weighted by Gasteiger charge is 2.55. The lowest BCUT2D eigenvalue weighted by atomic mass is 9.64. The summed E-state index contributed by atoms with van der Waals surface area (Å²) < 4.78 is 0. The Hall–Kier alpha value is -0.0400. The highest BCUT2D eigenvalue weighted by atomic mass is 32.1. The van der Waals surface area contributed by atoms with Gasteiger partial charge in [-0.25, -0.2) is 0 Å². The summed E-state index contributed by atoms with van der Waals surface area (Å²) in [5, 5.41) is 0. The SMILES string of the molecule is NC1(C(=O)CS)CCCCC1(N)C(=O)CS. The molecule has 0 heterocycles. The molecule has 0 aliphatic heterocycles. The molecule has 1 saturated carbocycles. The summed E-state index contributed by atoms with van der Waals surface area (Å²) in [6.45, 7) is 0. The minimum Gasteiger partial charge on any atom is -0.317 e. The first-order valence-electron chi connectivity index (χ1n) is 5.28. The average molecular weight is 262 g/mol. The summed E-state index contributed by atoms with van der Waals surface area (Å²) in [5.74, 6) is -0.494. The van der Waals surface area contributed by atoms with Crippen LogP contribution in [0.1, 0.15) is 25.7 Å². The summed E-state index contributed by atoms with van der Waals surface area (Å²) in [6.07, 6.45) is 2.52. The third-order valence-electron chi connectivity index (χ3n) is 3.47. The van der Waals surface area contributed by atoms with E-state index in [9.17, 15) is 9.59 Å². The van der Waals surface area contributed by atoms with Crippen LogP contribution in [-0.2, 0) is 9.59 Å². The molecule has 2 atom stereocenters. The van der Waals surface area contributed by atoms with Gasteiger partial charge < -0.3 is 11.5 Å². The molecular formula is C10H18N2O2S2. The third-order valence-corrected chi connectivity index (χ3v) is 4.05. The van der Waals surface area contributed by atoms with Gasteiger partial charge in [0.2, 0.25) is 0 Å². The van der Waals surface area contributed by atoms with E-state index in [1.807, 2.05) is 0 Å². The summed E-state index contributed by atoms with van der Waals surface area (Å²) in [7, 11) is 0. The number of ketones is 2. The fraction of sp³-hybridized carbons (Fsp3) is 0.800. The minimum absolute atomic E-state index is 0.00923. The monoisotopic (exact) mass is 262 g/mol. The van der Waals surface area contributed by atoms with Gasteiger partial charge in [0.05, 0.1) is 11.5 Å². The highest BCUT2D eigenvalue weighted by Crippen LogP contribution is 2.35. The van der Waals surface area contributed by atoms with Crippen LogP contribution >= 0.6 is 25.3 Å².